The molecule has 2 aliphatic heterocycles. The summed E-state index contributed by atoms with van der Waals surface area (Å²) in [5, 5.41) is 0.613. The molecule has 0 N–H and O–H groups in total. The molecule has 0 aromatic heterocycles. The average Bonchev–Trinajstić information content (AvgIpc) is 2.92. The fourth-order valence-corrected chi connectivity index (χ4v) is 4.53. The molecular weight excluding hydrogens is 332 g/mol. The lowest BCUT2D eigenvalue weighted by Crippen LogP contribution is -2.44. The minimum atomic E-state index is -1.25. The Morgan fingerprint density at radius 1 is 1.22 bits per heavy atom. The SMILES string of the molecule is CCN1CCCN(C2=NCCN2S(=O)c2cccc(Cl)c2)CC1. The number of likely N-dealkylation sites (N-methyl/N-ethyl adjacent to an activating group) is 1. The Bertz CT molecular complexity index is 609. The van der Waals surface area contributed by atoms with Crippen molar-refractivity contribution in [2.75, 3.05) is 45.8 Å². The molecule has 0 amide bonds. The molecule has 1 aromatic rings. The Hall–Kier alpha value is -1.11. The summed E-state index contributed by atoms with van der Waals surface area (Å²) < 4.78 is 14.8. The first-order valence-corrected chi connectivity index (χ1v) is 9.64. The van der Waals surface area contributed by atoms with Gasteiger partial charge in [0, 0.05) is 24.7 Å². The third kappa shape index (κ3) is 3.87. The van der Waals surface area contributed by atoms with E-state index in [-0.39, 0.29) is 0 Å². The second-order valence-electron chi connectivity index (χ2n) is 5.77. The Kier molecular flexibility index (Phi) is 5.56. The number of guanidine groups is 1. The fourth-order valence-electron chi connectivity index (χ4n) is 3.02. The lowest BCUT2D eigenvalue weighted by molar-refractivity contribution is 0.299. The van der Waals surface area contributed by atoms with Crippen molar-refractivity contribution >= 4 is 28.5 Å². The van der Waals surface area contributed by atoms with Crippen LogP contribution in [0, 0.1) is 0 Å². The Balaban J connectivity index is 1.73. The van der Waals surface area contributed by atoms with E-state index in [0.717, 1.165) is 50.0 Å². The predicted octanol–water partition coefficient (Wildman–Crippen LogP) is 2.06. The summed E-state index contributed by atoms with van der Waals surface area (Å²) in [5.41, 5.74) is 0. The van der Waals surface area contributed by atoms with Gasteiger partial charge in [-0.1, -0.05) is 24.6 Å². The Morgan fingerprint density at radius 3 is 2.87 bits per heavy atom. The van der Waals surface area contributed by atoms with E-state index in [4.69, 9.17) is 11.6 Å². The molecule has 0 bridgehead atoms. The monoisotopic (exact) mass is 354 g/mol. The number of rotatable bonds is 3. The van der Waals surface area contributed by atoms with Crippen molar-refractivity contribution in [3.05, 3.63) is 29.3 Å². The summed E-state index contributed by atoms with van der Waals surface area (Å²) >= 11 is 6.04. The van der Waals surface area contributed by atoms with Crippen molar-refractivity contribution in [3.8, 4) is 0 Å². The zero-order valence-electron chi connectivity index (χ0n) is 13.4. The van der Waals surface area contributed by atoms with Gasteiger partial charge in [0.2, 0.25) is 5.96 Å². The largest absolute Gasteiger partial charge is 0.341 e. The van der Waals surface area contributed by atoms with Gasteiger partial charge in [0.1, 0.15) is 0 Å². The highest BCUT2D eigenvalue weighted by Crippen LogP contribution is 2.20. The molecule has 1 atom stereocenters. The van der Waals surface area contributed by atoms with Crippen molar-refractivity contribution in [2.45, 2.75) is 18.2 Å². The number of nitrogens with zero attached hydrogens (tertiary/aromatic N) is 4. The second kappa shape index (κ2) is 7.64. The third-order valence-corrected chi connectivity index (χ3v) is 5.93. The van der Waals surface area contributed by atoms with Crippen LogP contribution in [-0.2, 0) is 11.0 Å². The maximum absolute atomic E-state index is 12.9. The Labute approximate surface area is 145 Å². The van der Waals surface area contributed by atoms with Gasteiger partial charge in [-0.25, -0.2) is 4.21 Å². The topological polar surface area (TPSA) is 39.1 Å². The summed E-state index contributed by atoms with van der Waals surface area (Å²) in [6.07, 6.45) is 1.12. The van der Waals surface area contributed by atoms with Gasteiger partial charge < -0.3 is 9.80 Å². The van der Waals surface area contributed by atoms with Crippen LogP contribution in [-0.4, -0.2) is 70.1 Å². The summed E-state index contributed by atoms with van der Waals surface area (Å²) in [4.78, 5) is 10.1. The molecule has 1 unspecified atom stereocenters. The number of hydrogen-bond acceptors (Lipinski definition) is 4. The molecule has 2 heterocycles. The summed E-state index contributed by atoms with van der Waals surface area (Å²) in [6, 6.07) is 7.27. The number of halogens is 1. The van der Waals surface area contributed by atoms with Gasteiger partial charge >= 0.3 is 0 Å². The quantitative estimate of drug-likeness (QED) is 0.834. The van der Waals surface area contributed by atoms with Crippen molar-refractivity contribution in [2.24, 2.45) is 4.99 Å². The highest BCUT2D eigenvalue weighted by atomic mass is 35.5. The molecule has 126 valence electrons. The number of hydrogen-bond donors (Lipinski definition) is 0. The fraction of sp³-hybridized carbons (Fsp3) is 0.562. The Morgan fingerprint density at radius 2 is 2.09 bits per heavy atom. The van der Waals surface area contributed by atoms with E-state index in [2.05, 4.69) is 21.7 Å². The van der Waals surface area contributed by atoms with E-state index >= 15 is 0 Å². The van der Waals surface area contributed by atoms with E-state index < -0.39 is 11.0 Å². The van der Waals surface area contributed by atoms with Gasteiger partial charge in [-0.3, -0.25) is 9.30 Å². The third-order valence-electron chi connectivity index (χ3n) is 4.30. The summed E-state index contributed by atoms with van der Waals surface area (Å²) in [7, 11) is -1.25. The van der Waals surface area contributed by atoms with Crippen LogP contribution in [0.4, 0.5) is 0 Å². The lowest BCUT2D eigenvalue weighted by atomic mass is 10.4. The normalized spacial score (nSPS) is 21.2. The minimum absolute atomic E-state index is 0.613. The van der Waals surface area contributed by atoms with Crippen LogP contribution in [0.1, 0.15) is 13.3 Å². The molecule has 1 saturated heterocycles. The molecule has 5 nitrogen and oxygen atoms in total. The molecule has 2 aliphatic rings. The van der Waals surface area contributed by atoms with Crippen LogP contribution < -0.4 is 0 Å². The second-order valence-corrected chi connectivity index (χ2v) is 7.61. The highest BCUT2D eigenvalue weighted by molar-refractivity contribution is 7.83. The summed E-state index contributed by atoms with van der Waals surface area (Å²) in [6.45, 7) is 8.75. The maximum atomic E-state index is 12.9. The van der Waals surface area contributed by atoms with E-state index in [1.54, 1.807) is 12.1 Å². The first-order valence-electron chi connectivity index (χ1n) is 8.16. The molecule has 0 radical (unpaired) electrons. The van der Waals surface area contributed by atoms with Crippen molar-refractivity contribution in [3.63, 3.8) is 0 Å². The number of aliphatic imine (C=N–C) groups is 1. The first kappa shape index (κ1) is 16.7. The predicted molar refractivity (Wildman–Crippen MR) is 95.2 cm³/mol. The van der Waals surface area contributed by atoms with Gasteiger partial charge in [0.25, 0.3) is 0 Å². The van der Waals surface area contributed by atoms with Crippen LogP contribution in [0.2, 0.25) is 5.02 Å². The summed E-state index contributed by atoms with van der Waals surface area (Å²) in [5.74, 6) is 0.876. The molecule has 0 spiro atoms. The van der Waals surface area contributed by atoms with Gasteiger partial charge in [0.15, 0.2) is 11.0 Å². The van der Waals surface area contributed by atoms with Gasteiger partial charge in [-0.2, -0.15) is 0 Å². The van der Waals surface area contributed by atoms with Crippen LogP contribution in [0.25, 0.3) is 0 Å². The first-order chi connectivity index (χ1) is 11.2. The van der Waals surface area contributed by atoms with Crippen LogP contribution in [0.3, 0.4) is 0 Å². The molecule has 7 heteroatoms. The van der Waals surface area contributed by atoms with E-state index in [1.807, 2.05) is 16.4 Å². The molecule has 1 fully saturated rings. The van der Waals surface area contributed by atoms with E-state index in [1.165, 1.54) is 0 Å². The van der Waals surface area contributed by atoms with Crippen molar-refractivity contribution in [1.29, 1.82) is 0 Å². The lowest BCUT2D eigenvalue weighted by Gasteiger charge is -2.29. The maximum Gasteiger partial charge on any atom is 0.209 e. The molecule has 23 heavy (non-hydrogen) atoms. The van der Waals surface area contributed by atoms with E-state index in [0.29, 0.717) is 18.1 Å². The van der Waals surface area contributed by atoms with Crippen molar-refractivity contribution in [1.82, 2.24) is 14.1 Å². The van der Waals surface area contributed by atoms with Gasteiger partial charge in [0.05, 0.1) is 18.0 Å². The molecule has 0 aliphatic carbocycles. The number of benzene rings is 1. The zero-order valence-corrected chi connectivity index (χ0v) is 15.0. The highest BCUT2D eigenvalue weighted by Gasteiger charge is 2.29. The van der Waals surface area contributed by atoms with Crippen LogP contribution in [0.5, 0.6) is 0 Å². The van der Waals surface area contributed by atoms with E-state index in [9.17, 15) is 4.21 Å². The average molecular weight is 355 g/mol. The van der Waals surface area contributed by atoms with Gasteiger partial charge in [-0.15, -0.1) is 0 Å². The molecular formula is C16H23ClN4OS. The minimum Gasteiger partial charge on any atom is -0.341 e. The van der Waals surface area contributed by atoms with Crippen molar-refractivity contribution < 1.29 is 4.21 Å². The molecule has 1 aromatic carbocycles. The van der Waals surface area contributed by atoms with Crippen LogP contribution >= 0.6 is 11.6 Å². The van der Waals surface area contributed by atoms with Crippen LogP contribution in [0.15, 0.2) is 34.2 Å². The standard InChI is InChI=1S/C16H23ClN4OS/c1-2-19-8-4-9-20(12-11-19)16-18-7-10-21(16)23(22)15-6-3-5-14(17)13-15/h3,5-6,13H,2,4,7-12H2,1H3. The molecule has 0 saturated carbocycles. The zero-order chi connectivity index (χ0) is 16.2. The smallest absolute Gasteiger partial charge is 0.209 e. The van der Waals surface area contributed by atoms with Gasteiger partial charge in [-0.05, 0) is 37.7 Å². The molecule has 3 rings (SSSR count).